The summed E-state index contributed by atoms with van der Waals surface area (Å²) in [5.74, 6) is 1.11. The smallest absolute Gasteiger partial charge is 0.305 e. The first-order chi connectivity index (χ1) is 9.70. The number of rotatable bonds is 6. The maximum Gasteiger partial charge on any atom is 0.305 e. The molecule has 1 atom stereocenters. The van der Waals surface area contributed by atoms with Gasteiger partial charge in [-0.3, -0.25) is 9.59 Å². The minimum Gasteiger partial charge on any atom is -0.493 e. The van der Waals surface area contributed by atoms with Crippen molar-refractivity contribution in [3.63, 3.8) is 0 Å². The van der Waals surface area contributed by atoms with Crippen LogP contribution in [0.3, 0.4) is 0 Å². The molecule has 1 heterocycles. The Balaban J connectivity index is 1.83. The normalized spacial score (nSPS) is 16.9. The summed E-state index contributed by atoms with van der Waals surface area (Å²) >= 11 is 0. The lowest BCUT2D eigenvalue weighted by molar-refractivity contribution is -0.141. The minimum atomic E-state index is -0.324. The number of benzene rings is 1. The fourth-order valence-electron chi connectivity index (χ4n) is 2.52. The van der Waals surface area contributed by atoms with Crippen molar-refractivity contribution in [1.82, 2.24) is 0 Å². The van der Waals surface area contributed by atoms with Crippen LogP contribution < -0.4 is 4.74 Å². The van der Waals surface area contributed by atoms with Crippen LogP contribution in [0.4, 0.5) is 0 Å². The van der Waals surface area contributed by atoms with E-state index in [0.717, 1.165) is 18.6 Å². The Morgan fingerprint density at radius 1 is 1.25 bits per heavy atom. The first kappa shape index (κ1) is 14.6. The van der Waals surface area contributed by atoms with E-state index in [1.165, 1.54) is 12.7 Å². The number of ketones is 1. The highest BCUT2D eigenvalue weighted by Crippen LogP contribution is 2.36. The molecule has 0 fully saturated rings. The molecule has 4 nitrogen and oxygen atoms in total. The maximum absolute atomic E-state index is 11.8. The summed E-state index contributed by atoms with van der Waals surface area (Å²) < 4.78 is 10.1. The van der Waals surface area contributed by atoms with Crippen molar-refractivity contribution in [1.29, 1.82) is 0 Å². The molecule has 1 aliphatic heterocycles. The van der Waals surface area contributed by atoms with Crippen molar-refractivity contribution in [2.24, 2.45) is 0 Å². The second-order valence-electron chi connectivity index (χ2n) is 5.03. The number of Topliss-reactive ketones (excluding diaryl/α,β-unsaturated/α-hetero) is 1. The highest BCUT2D eigenvalue weighted by molar-refractivity contribution is 5.82. The monoisotopic (exact) mass is 276 g/mol. The van der Waals surface area contributed by atoms with Crippen LogP contribution in [0.2, 0.25) is 0 Å². The first-order valence-corrected chi connectivity index (χ1v) is 7.01. The van der Waals surface area contributed by atoms with Crippen molar-refractivity contribution in [3.8, 4) is 5.75 Å². The molecule has 0 saturated carbocycles. The summed E-state index contributed by atoms with van der Waals surface area (Å²) in [5, 5.41) is 0. The molecule has 0 aliphatic carbocycles. The topological polar surface area (TPSA) is 52.6 Å². The van der Waals surface area contributed by atoms with E-state index in [2.05, 4.69) is 10.8 Å². The Hall–Kier alpha value is -1.84. The second kappa shape index (κ2) is 7.08. The van der Waals surface area contributed by atoms with Gasteiger partial charge in [-0.25, -0.2) is 0 Å². The highest BCUT2D eigenvalue weighted by Gasteiger charge is 2.21. The summed E-state index contributed by atoms with van der Waals surface area (Å²) in [7, 11) is 1.34. The number of ether oxygens (including phenoxy) is 2. The molecule has 0 N–H and O–H groups in total. The van der Waals surface area contributed by atoms with E-state index >= 15 is 0 Å². The summed E-state index contributed by atoms with van der Waals surface area (Å²) in [6.45, 7) is 0.706. The van der Waals surface area contributed by atoms with Gasteiger partial charge >= 0.3 is 5.97 Å². The van der Waals surface area contributed by atoms with E-state index < -0.39 is 0 Å². The van der Waals surface area contributed by atoms with Crippen LogP contribution in [-0.4, -0.2) is 25.5 Å². The van der Waals surface area contributed by atoms with Crippen LogP contribution in [0.25, 0.3) is 0 Å². The van der Waals surface area contributed by atoms with Crippen LogP contribution in [0.5, 0.6) is 5.75 Å². The molecule has 0 aromatic heterocycles. The van der Waals surface area contributed by atoms with E-state index in [-0.39, 0.29) is 24.6 Å². The van der Waals surface area contributed by atoms with Crippen molar-refractivity contribution in [2.75, 3.05) is 13.7 Å². The van der Waals surface area contributed by atoms with E-state index in [9.17, 15) is 9.59 Å². The average molecular weight is 276 g/mol. The molecule has 1 unspecified atom stereocenters. The molecule has 1 aromatic rings. The molecule has 108 valence electrons. The molecule has 1 aromatic carbocycles. The fraction of sp³-hybridized carbons (Fsp3) is 0.500. The molecular formula is C16H20O4. The third-order valence-corrected chi connectivity index (χ3v) is 3.69. The Morgan fingerprint density at radius 3 is 2.85 bits per heavy atom. The zero-order chi connectivity index (χ0) is 14.4. The van der Waals surface area contributed by atoms with Crippen molar-refractivity contribution >= 4 is 11.8 Å². The SMILES string of the molecule is COC(=O)CCC(=O)CCC1CCOc2ccccc21. The molecule has 0 saturated heterocycles. The second-order valence-corrected chi connectivity index (χ2v) is 5.03. The quantitative estimate of drug-likeness (QED) is 0.750. The van der Waals surface area contributed by atoms with Crippen LogP contribution >= 0.6 is 0 Å². The third-order valence-electron chi connectivity index (χ3n) is 3.69. The number of carbonyl (C=O) groups excluding carboxylic acids is 2. The molecule has 20 heavy (non-hydrogen) atoms. The van der Waals surface area contributed by atoms with Crippen molar-refractivity contribution in [2.45, 2.75) is 38.0 Å². The van der Waals surface area contributed by atoms with Gasteiger partial charge in [-0.2, -0.15) is 0 Å². The molecule has 0 spiro atoms. The largest absolute Gasteiger partial charge is 0.493 e. The van der Waals surface area contributed by atoms with Crippen molar-refractivity contribution < 1.29 is 19.1 Å². The highest BCUT2D eigenvalue weighted by atomic mass is 16.5. The summed E-state index contributed by atoms with van der Waals surface area (Å²) in [6.07, 6.45) is 2.73. The van der Waals surface area contributed by atoms with Crippen LogP contribution in [-0.2, 0) is 14.3 Å². The third kappa shape index (κ3) is 3.83. The lowest BCUT2D eigenvalue weighted by atomic mass is 9.88. The minimum absolute atomic E-state index is 0.124. The van der Waals surface area contributed by atoms with Crippen LogP contribution in [0.1, 0.15) is 43.6 Å². The molecule has 0 amide bonds. The fourth-order valence-corrected chi connectivity index (χ4v) is 2.52. The summed E-state index contributed by atoms with van der Waals surface area (Å²) in [6, 6.07) is 8.00. The Bertz CT molecular complexity index is 481. The van der Waals surface area contributed by atoms with Gasteiger partial charge in [0.05, 0.1) is 20.1 Å². The van der Waals surface area contributed by atoms with Gasteiger partial charge in [0.15, 0.2) is 0 Å². The van der Waals surface area contributed by atoms with Gasteiger partial charge in [-0.1, -0.05) is 18.2 Å². The first-order valence-electron chi connectivity index (χ1n) is 7.01. The van der Waals surface area contributed by atoms with E-state index in [1.807, 2.05) is 18.2 Å². The standard InChI is InChI=1S/C16H20O4/c1-19-16(18)9-8-13(17)7-6-12-10-11-20-15-5-3-2-4-14(12)15/h2-5,12H,6-11H2,1H3. The van der Waals surface area contributed by atoms with Gasteiger partial charge < -0.3 is 9.47 Å². The van der Waals surface area contributed by atoms with Crippen LogP contribution in [0, 0.1) is 0 Å². The number of carbonyl (C=O) groups is 2. The van der Waals surface area contributed by atoms with E-state index in [1.54, 1.807) is 0 Å². The van der Waals surface area contributed by atoms with Gasteiger partial charge in [0.2, 0.25) is 0 Å². The van der Waals surface area contributed by atoms with Gasteiger partial charge in [-0.05, 0) is 30.4 Å². The summed E-state index contributed by atoms with van der Waals surface area (Å²) in [4.78, 5) is 22.8. The molecule has 0 radical (unpaired) electrons. The number of esters is 1. The lowest BCUT2D eigenvalue weighted by Crippen LogP contribution is -2.15. The van der Waals surface area contributed by atoms with Gasteiger partial charge in [-0.15, -0.1) is 0 Å². The number of para-hydroxylation sites is 1. The number of hydrogen-bond acceptors (Lipinski definition) is 4. The summed E-state index contributed by atoms with van der Waals surface area (Å²) in [5.41, 5.74) is 1.19. The Morgan fingerprint density at radius 2 is 2.05 bits per heavy atom. The molecule has 4 heteroatoms. The number of fused-ring (bicyclic) bond motifs is 1. The molecule has 0 bridgehead atoms. The zero-order valence-corrected chi connectivity index (χ0v) is 11.8. The lowest BCUT2D eigenvalue weighted by Gasteiger charge is -2.25. The van der Waals surface area contributed by atoms with Crippen LogP contribution in [0.15, 0.2) is 24.3 Å². The van der Waals surface area contributed by atoms with Gasteiger partial charge in [0.1, 0.15) is 11.5 Å². The Kier molecular flexibility index (Phi) is 5.16. The molecular weight excluding hydrogens is 256 g/mol. The number of methoxy groups -OCH3 is 1. The number of hydrogen-bond donors (Lipinski definition) is 0. The van der Waals surface area contributed by atoms with Crippen molar-refractivity contribution in [3.05, 3.63) is 29.8 Å². The van der Waals surface area contributed by atoms with E-state index in [4.69, 9.17) is 4.74 Å². The molecule has 2 rings (SSSR count). The van der Waals surface area contributed by atoms with Gasteiger partial charge in [0, 0.05) is 12.8 Å². The predicted molar refractivity (Wildman–Crippen MR) is 74.8 cm³/mol. The zero-order valence-electron chi connectivity index (χ0n) is 11.8. The van der Waals surface area contributed by atoms with E-state index in [0.29, 0.717) is 18.9 Å². The Labute approximate surface area is 119 Å². The van der Waals surface area contributed by atoms with Gasteiger partial charge in [0.25, 0.3) is 0 Å². The predicted octanol–water partition coefficient (Wildman–Crippen LogP) is 2.86. The molecule has 1 aliphatic rings. The average Bonchev–Trinajstić information content (AvgIpc) is 2.50. The maximum atomic E-state index is 11.8.